The second kappa shape index (κ2) is 8.36. The molecule has 140 valence electrons. The highest BCUT2D eigenvalue weighted by Gasteiger charge is 2.29. The van der Waals surface area contributed by atoms with E-state index < -0.39 is 0 Å². The number of benzene rings is 1. The van der Waals surface area contributed by atoms with E-state index in [1.54, 1.807) is 7.11 Å². The Morgan fingerprint density at radius 1 is 1.38 bits per heavy atom. The first-order chi connectivity index (χ1) is 12.6. The number of piperidine rings is 1. The molecule has 6 heteroatoms. The van der Waals surface area contributed by atoms with Crippen molar-refractivity contribution in [3.8, 4) is 11.5 Å². The first-order valence-electron chi connectivity index (χ1n) is 9.05. The van der Waals surface area contributed by atoms with E-state index in [1.807, 2.05) is 26.0 Å². The van der Waals surface area contributed by atoms with Crippen LogP contribution in [0.4, 0.5) is 0 Å². The molecule has 0 aliphatic carbocycles. The zero-order valence-electron chi connectivity index (χ0n) is 15.8. The zero-order valence-corrected chi connectivity index (χ0v) is 15.8. The largest absolute Gasteiger partial charge is 0.493 e. The van der Waals surface area contributed by atoms with Gasteiger partial charge in [-0.1, -0.05) is 30.3 Å². The lowest BCUT2D eigenvalue weighted by atomic mass is 10.0. The Morgan fingerprint density at radius 3 is 2.92 bits per heavy atom. The van der Waals surface area contributed by atoms with Gasteiger partial charge in [-0.2, -0.15) is 4.98 Å². The summed E-state index contributed by atoms with van der Waals surface area (Å²) < 4.78 is 17.0. The van der Waals surface area contributed by atoms with E-state index in [0.717, 1.165) is 48.6 Å². The van der Waals surface area contributed by atoms with Gasteiger partial charge in [-0.3, -0.25) is 4.90 Å². The first-order valence-corrected chi connectivity index (χ1v) is 9.05. The second-order valence-corrected chi connectivity index (χ2v) is 6.86. The van der Waals surface area contributed by atoms with Crippen LogP contribution in [-0.4, -0.2) is 35.3 Å². The van der Waals surface area contributed by atoms with Crippen molar-refractivity contribution in [1.29, 1.82) is 0 Å². The van der Waals surface area contributed by atoms with Crippen molar-refractivity contribution in [2.24, 2.45) is 0 Å². The standard InChI is InChI=1S/C20H27N3O3/c1-14(2)13-25-19-16(8-7-10-18(19)24-4)12-23-11-6-5-9-17(23)20-21-15(3)22-26-20/h7-8,10,17H,1,5-6,9,11-13H2,2-4H3/t17-/m1/s1. The van der Waals surface area contributed by atoms with Gasteiger partial charge in [0, 0.05) is 12.1 Å². The molecule has 1 saturated heterocycles. The van der Waals surface area contributed by atoms with Crippen LogP contribution in [-0.2, 0) is 6.54 Å². The predicted octanol–water partition coefficient (Wildman–Crippen LogP) is 4.07. The summed E-state index contributed by atoms with van der Waals surface area (Å²) in [4.78, 5) is 6.84. The molecule has 1 aromatic heterocycles. The topological polar surface area (TPSA) is 60.6 Å². The number of hydrogen-bond acceptors (Lipinski definition) is 6. The van der Waals surface area contributed by atoms with E-state index in [9.17, 15) is 0 Å². The van der Waals surface area contributed by atoms with Crippen molar-refractivity contribution < 1.29 is 14.0 Å². The monoisotopic (exact) mass is 357 g/mol. The number of aryl methyl sites for hydroxylation is 1. The maximum Gasteiger partial charge on any atom is 0.243 e. The minimum atomic E-state index is 0.144. The number of aromatic nitrogens is 2. The van der Waals surface area contributed by atoms with Crippen LogP contribution in [0, 0.1) is 6.92 Å². The highest BCUT2D eigenvalue weighted by Crippen LogP contribution is 2.36. The van der Waals surface area contributed by atoms with Crippen molar-refractivity contribution in [3.63, 3.8) is 0 Å². The summed E-state index contributed by atoms with van der Waals surface area (Å²) in [5.74, 6) is 2.90. The summed E-state index contributed by atoms with van der Waals surface area (Å²) in [6.07, 6.45) is 3.35. The Bertz CT molecular complexity index is 757. The number of hydrogen-bond donors (Lipinski definition) is 0. The third kappa shape index (κ3) is 4.25. The predicted molar refractivity (Wildman–Crippen MR) is 99.3 cm³/mol. The smallest absolute Gasteiger partial charge is 0.243 e. The van der Waals surface area contributed by atoms with Gasteiger partial charge >= 0.3 is 0 Å². The van der Waals surface area contributed by atoms with Crippen LogP contribution in [0.2, 0.25) is 0 Å². The second-order valence-electron chi connectivity index (χ2n) is 6.86. The fraction of sp³-hybridized carbons (Fsp3) is 0.500. The van der Waals surface area contributed by atoms with Gasteiger partial charge in [0.2, 0.25) is 5.89 Å². The summed E-state index contributed by atoms with van der Waals surface area (Å²) in [5, 5.41) is 3.96. The number of likely N-dealkylation sites (tertiary alicyclic amines) is 1. The van der Waals surface area contributed by atoms with Crippen LogP contribution < -0.4 is 9.47 Å². The zero-order chi connectivity index (χ0) is 18.5. The highest BCUT2D eigenvalue weighted by atomic mass is 16.5. The van der Waals surface area contributed by atoms with E-state index in [-0.39, 0.29) is 6.04 Å². The average Bonchev–Trinajstić information content (AvgIpc) is 3.07. The minimum absolute atomic E-state index is 0.144. The van der Waals surface area contributed by atoms with Crippen LogP contribution in [0.15, 0.2) is 34.9 Å². The lowest BCUT2D eigenvalue weighted by molar-refractivity contribution is 0.110. The van der Waals surface area contributed by atoms with Gasteiger partial charge in [0.1, 0.15) is 6.61 Å². The molecule has 1 aromatic carbocycles. The quantitative estimate of drug-likeness (QED) is 0.696. The molecular formula is C20H27N3O3. The number of para-hydroxylation sites is 1. The molecule has 1 aliphatic rings. The molecule has 2 heterocycles. The molecule has 3 rings (SSSR count). The number of rotatable bonds is 7. The molecule has 1 atom stereocenters. The summed E-state index contributed by atoms with van der Waals surface area (Å²) >= 11 is 0. The molecule has 26 heavy (non-hydrogen) atoms. The molecule has 0 unspecified atom stereocenters. The van der Waals surface area contributed by atoms with Gasteiger partial charge in [0.25, 0.3) is 0 Å². The van der Waals surface area contributed by atoms with E-state index in [1.165, 1.54) is 6.42 Å². The Morgan fingerprint density at radius 2 is 2.23 bits per heavy atom. The fourth-order valence-corrected chi connectivity index (χ4v) is 3.33. The third-order valence-electron chi connectivity index (χ3n) is 4.56. The lowest BCUT2D eigenvalue weighted by Crippen LogP contribution is -2.33. The van der Waals surface area contributed by atoms with Gasteiger partial charge < -0.3 is 14.0 Å². The average molecular weight is 357 g/mol. The number of nitrogens with zero attached hydrogens (tertiary/aromatic N) is 3. The van der Waals surface area contributed by atoms with E-state index in [0.29, 0.717) is 18.3 Å². The normalized spacial score (nSPS) is 17.9. The SMILES string of the molecule is C=C(C)COc1c(CN2CCCC[C@@H]2c2nc(C)no2)cccc1OC. The van der Waals surface area contributed by atoms with Crippen LogP contribution in [0.3, 0.4) is 0 Å². The van der Waals surface area contributed by atoms with Crippen LogP contribution in [0.5, 0.6) is 11.5 Å². The number of methoxy groups -OCH3 is 1. The van der Waals surface area contributed by atoms with Crippen LogP contribution >= 0.6 is 0 Å². The molecule has 2 aromatic rings. The molecule has 0 radical (unpaired) electrons. The molecule has 0 N–H and O–H groups in total. The molecule has 0 amide bonds. The first kappa shape index (κ1) is 18.5. The summed E-state index contributed by atoms with van der Waals surface area (Å²) in [5.41, 5.74) is 2.06. The van der Waals surface area contributed by atoms with Crippen molar-refractivity contribution >= 4 is 0 Å². The molecule has 6 nitrogen and oxygen atoms in total. The maximum atomic E-state index is 6.00. The molecule has 0 saturated carbocycles. The molecule has 1 aliphatic heterocycles. The van der Waals surface area contributed by atoms with Crippen LogP contribution in [0.1, 0.15) is 49.5 Å². The van der Waals surface area contributed by atoms with Crippen molar-refractivity contribution in [2.75, 3.05) is 20.3 Å². The third-order valence-corrected chi connectivity index (χ3v) is 4.56. The van der Waals surface area contributed by atoms with Crippen molar-refractivity contribution in [3.05, 3.63) is 47.6 Å². The van der Waals surface area contributed by atoms with E-state index in [4.69, 9.17) is 14.0 Å². The van der Waals surface area contributed by atoms with Crippen LogP contribution in [0.25, 0.3) is 0 Å². The number of ether oxygens (including phenoxy) is 2. The molecule has 0 spiro atoms. The van der Waals surface area contributed by atoms with Gasteiger partial charge in [-0.15, -0.1) is 0 Å². The summed E-state index contributed by atoms with van der Waals surface area (Å²) in [6.45, 7) is 9.93. The Hall–Kier alpha value is -2.34. The maximum absolute atomic E-state index is 6.00. The van der Waals surface area contributed by atoms with E-state index >= 15 is 0 Å². The minimum Gasteiger partial charge on any atom is -0.493 e. The van der Waals surface area contributed by atoms with Crippen molar-refractivity contribution in [1.82, 2.24) is 15.0 Å². The summed E-state index contributed by atoms with van der Waals surface area (Å²) in [7, 11) is 1.66. The van der Waals surface area contributed by atoms with E-state index in [2.05, 4.69) is 27.7 Å². The lowest BCUT2D eigenvalue weighted by Gasteiger charge is -2.33. The fourth-order valence-electron chi connectivity index (χ4n) is 3.33. The van der Waals surface area contributed by atoms with Gasteiger partial charge in [0.05, 0.1) is 13.2 Å². The molecular weight excluding hydrogens is 330 g/mol. The Labute approximate surface area is 154 Å². The Kier molecular flexibility index (Phi) is 5.93. The summed E-state index contributed by atoms with van der Waals surface area (Å²) in [6, 6.07) is 6.15. The molecule has 0 bridgehead atoms. The van der Waals surface area contributed by atoms with Crippen molar-refractivity contribution in [2.45, 2.75) is 45.7 Å². The van der Waals surface area contributed by atoms with Gasteiger partial charge in [-0.25, -0.2) is 0 Å². The molecule has 1 fully saturated rings. The van der Waals surface area contributed by atoms with Gasteiger partial charge in [-0.05, 0) is 44.9 Å². The highest BCUT2D eigenvalue weighted by molar-refractivity contribution is 5.46. The van der Waals surface area contributed by atoms with Gasteiger partial charge in [0.15, 0.2) is 17.3 Å². The Balaban J connectivity index is 1.84.